The zero-order chi connectivity index (χ0) is 26.1. The molecule has 6 rings (SSSR count). The molecule has 1 N–H and O–H groups in total. The van der Waals surface area contributed by atoms with Gasteiger partial charge in [-0.05, 0) is 35.4 Å². The number of fused-ring (bicyclic) bond motifs is 6. The van der Waals surface area contributed by atoms with E-state index in [0.717, 1.165) is 16.8 Å². The number of Topliss-reactive ketones (excluding diaryl/α,β-unsaturated/α-hetero) is 2. The number of carbonyl (C=O) groups is 3. The molecule has 3 aromatic rings. The van der Waals surface area contributed by atoms with Gasteiger partial charge in [-0.1, -0.05) is 93.1 Å². The first-order valence-corrected chi connectivity index (χ1v) is 12.8. The molecule has 1 fully saturated rings. The van der Waals surface area contributed by atoms with Gasteiger partial charge in [-0.3, -0.25) is 14.4 Å². The van der Waals surface area contributed by atoms with Gasteiger partial charge in [-0.15, -0.1) is 0 Å². The van der Waals surface area contributed by atoms with E-state index in [-0.39, 0.29) is 17.5 Å². The van der Waals surface area contributed by atoms with Crippen LogP contribution in [-0.2, 0) is 15.0 Å². The van der Waals surface area contributed by atoms with E-state index in [0.29, 0.717) is 16.3 Å². The van der Waals surface area contributed by atoms with E-state index in [4.69, 9.17) is 11.6 Å². The molecule has 186 valence electrons. The highest BCUT2D eigenvalue weighted by Gasteiger charge is 2.70. The second kappa shape index (κ2) is 8.15. The van der Waals surface area contributed by atoms with Crippen LogP contribution in [0.15, 0.2) is 78.9 Å². The predicted molar refractivity (Wildman–Crippen MR) is 146 cm³/mol. The zero-order valence-electron chi connectivity index (χ0n) is 20.9. The number of rotatable bonds is 3. The average molecular weight is 511 g/mol. The lowest BCUT2D eigenvalue weighted by molar-refractivity contribution is -0.128. The molecule has 3 aliphatic rings. The van der Waals surface area contributed by atoms with Gasteiger partial charge >= 0.3 is 0 Å². The summed E-state index contributed by atoms with van der Waals surface area (Å²) in [5.41, 5.74) is 1.51. The van der Waals surface area contributed by atoms with Gasteiger partial charge in [0.1, 0.15) is 11.5 Å². The normalized spacial score (nSPS) is 25.5. The van der Waals surface area contributed by atoms with Gasteiger partial charge in [0.2, 0.25) is 5.91 Å². The SMILES string of the molecule is CC(C)(C)C(=O)[C@@H]1[C@H](C(=O)c2ccccc2)[C@@]2(C(=O)Nc3ccccc32)[C@H]2C=Cc3cc(Cl)ccc3N12. The molecule has 5 nitrogen and oxygen atoms in total. The van der Waals surface area contributed by atoms with E-state index in [1.165, 1.54) is 0 Å². The molecule has 6 heteroatoms. The van der Waals surface area contributed by atoms with Gasteiger partial charge in [0.15, 0.2) is 11.6 Å². The van der Waals surface area contributed by atoms with E-state index in [2.05, 4.69) is 5.32 Å². The number of nitrogens with one attached hydrogen (secondary N) is 1. The molecule has 1 saturated heterocycles. The Balaban J connectivity index is 1.69. The Morgan fingerprint density at radius 1 is 0.973 bits per heavy atom. The minimum atomic E-state index is -1.29. The average Bonchev–Trinajstić information content (AvgIpc) is 3.35. The van der Waals surface area contributed by atoms with Gasteiger partial charge in [-0.2, -0.15) is 0 Å². The molecule has 0 aromatic heterocycles. The summed E-state index contributed by atoms with van der Waals surface area (Å²) in [5, 5.41) is 3.63. The summed E-state index contributed by atoms with van der Waals surface area (Å²) in [6.45, 7) is 5.60. The maximum Gasteiger partial charge on any atom is 0.238 e. The lowest BCUT2D eigenvalue weighted by atomic mass is 9.63. The van der Waals surface area contributed by atoms with E-state index >= 15 is 0 Å². The van der Waals surface area contributed by atoms with Gasteiger partial charge in [0.05, 0.1) is 12.0 Å². The van der Waals surface area contributed by atoms with Crippen LogP contribution in [0.1, 0.15) is 42.3 Å². The molecule has 1 amide bonds. The Bertz CT molecular complexity index is 1490. The van der Waals surface area contributed by atoms with Crippen molar-refractivity contribution in [3.8, 4) is 0 Å². The highest BCUT2D eigenvalue weighted by molar-refractivity contribution is 6.31. The van der Waals surface area contributed by atoms with Crippen molar-refractivity contribution >= 4 is 46.5 Å². The first-order valence-electron chi connectivity index (χ1n) is 12.5. The molecule has 3 aromatic carbocycles. The van der Waals surface area contributed by atoms with Crippen LogP contribution in [0.25, 0.3) is 6.08 Å². The number of carbonyl (C=O) groups excluding carboxylic acids is 3. The van der Waals surface area contributed by atoms with Crippen LogP contribution in [-0.4, -0.2) is 29.6 Å². The first-order chi connectivity index (χ1) is 17.7. The predicted octanol–water partition coefficient (Wildman–Crippen LogP) is 5.93. The quantitative estimate of drug-likeness (QED) is 0.443. The van der Waals surface area contributed by atoms with Gasteiger partial charge < -0.3 is 10.2 Å². The highest BCUT2D eigenvalue weighted by atomic mass is 35.5. The van der Waals surface area contributed by atoms with Crippen LogP contribution in [0.2, 0.25) is 5.02 Å². The number of benzene rings is 3. The van der Waals surface area contributed by atoms with Gasteiger partial charge in [0.25, 0.3) is 0 Å². The molecule has 3 aliphatic heterocycles. The summed E-state index contributed by atoms with van der Waals surface area (Å²) >= 11 is 6.32. The zero-order valence-corrected chi connectivity index (χ0v) is 21.6. The lowest BCUT2D eigenvalue weighted by Gasteiger charge is -2.38. The number of hydrogen-bond acceptors (Lipinski definition) is 4. The molecule has 0 bridgehead atoms. The summed E-state index contributed by atoms with van der Waals surface area (Å²) < 4.78 is 0. The van der Waals surface area contributed by atoms with Gasteiger partial charge in [0, 0.05) is 27.4 Å². The Morgan fingerprint density at radius 3 is 2.41 bits per heavy atom. The molecule has 4 atom stereocenters. The second-order valence-corrected chi connectivity index (χ2v) is 11.5. The molecular weight excluding hydrogens is 484 g/mol. The minimum Gasteiger partial charge on any atom is -0.352 e. The molecule has 3 heterocycles. The van der Waals surface area contributed by atoms with Crippen LogP contribution in [0, 0.1) is 11.3 Å². The third-order valence-electron chi connectivity index (χ3n) is 7.94. The van der Waals surface area contributed by atoms with E-state index in [9.17, 15) is 14.4 Å². The first kappa shape index (κ1) is 23.7. The molecule has 1 spiro atoms. The second-order valence-electron chi connectivity index (χ2n) is 11.1. The maximum atomic E-state index is 14.5. The number of hydrogen-bond donors (Lipinski definition) is 1. The summed E-state index contributed by atoms with van der Waals surface area (Å²) in [5.74, 6) is -1.50. The van der Waals surface area contributed by atoms with E-state index in [1.54, 1.807) is 18.2 Å². The number of anilines is 2. The van der Waals surface area contributed by atoms with Crippen molar-refractivity contribution in [3.63, 3.8) is 0 Å². The van der Waals surface area contributed by atoms with Crippen molar-refractivity contribution in [2.24, 2.45) is 11.3 Å². The van der Waals surface area contributed by atoms with Crippen molar-refractivity contribution in [2.75, 3.05) is 10.2 Å². The largest absolute Gasteiger partial charge is 0.352 e. The Kier molecular flexibility index (Phi) is 5.22. The Hall–Kier alpha value is -3.70. The summed E-state index contributed by atoms with van der Waals surface area (Å²) in [7, 11) is 0. The highest BCUT2D eigenvalue weighted by Crippen LogP contribution is 2.58. The number of para-hydroxylation sites is 1. The van der Waals surface area contributed by atoms with Crippen molar-refractivity contribution in [2.45, 2.75) is 38.3 Å². The van der Waals surface area contributed by atoms with E-state index < -0.39 is 28.8 Å². The summed E-state index contributed by atoms with van der Waals surface area (Å²) in [6, 6.07) is 20.6. The van der Waals surface area contributed by atoms with Crippen LogP contribution in [0.3, 0.4) is 0 Å². The smallest absolute Gasteiger partial charge is 0.238 e. The Morgan fingerprint density at radius 2 is 1.68 bits per heavy atom. The van der Waals surface area contributed by atoms with Crippen LogP contribution in [0.4, 0.5) is 11.4 Å². The lowest BCUT2D eigenvalue weighted by Crippen LogP contribution is -2.51. The van der Waals surface area contributed by atoms with Gasteiger partial charge in [-0.25, -0.2) is 0 Å². The number of ketones is 2. The molecule has 0 unspecified atom stereocenters. The fourth-order valence-corrected chi connectivity index (χ4v) is 6.56. The molecule has 0 aliphatic carbocycles. The third-order valence-corrected chi connectivity index (χ3v) is 8.18. The number of nitrogens with zero attached hydrogens (tertiary/aromatic N) is 1. The van der Waals surface area contributed by atoms with Crippen LogP contribution >= 0.6 is 11.6 Å². The summed E-state index contributed by atoms with van der Waals surface area (Å²) in [6.07, 6.45) is 3.91. The molecule has 0 radical (unpaired) electrons. The fourth-order valence-electron chi connectivity index (χ4n) is 6.38. The van der Waals surface area contributed by atoms with Crippen LogP contribution < -0.4 is 10.2 Å². The molecule has 37 heavy (non-hydrogen) atoms. The summed E-state index contributed by atoms with van der Waals surface area (Å²) in [4.78, 5) is 45.0. The standard InChI is InChI=1S/C31H27ClN2O3/c1-30(2,3)28(36)26-25(27(35)18-9-5-4-6-10-18)31(21-11-7-8-12-22(21)33-29(31)37)24-16-13-19-17-20(32)14-15-23(19)34(24)26/h4-17,24-26H,1-3H3,(H,33,37)/t24-,25-,26+,31+/m1/s1. The topological polar surface area (TPSA) is 66.5 Å². The van der Waals surface area contributed by atoms with Crippen molar-refractivity contribution < 1.29 is 14.4 Å². The Labute approximate surface area is 221 Å². The monoisotopic (exact) mass is 510 g/mol. The van der Waals surface area contributed by atoms with Crippen molar-refractivity contribution in [1.29, 1.82) is 0 Å². The molecule has 0 saturated carbocycles. The fraction of sp³-hybridized carbons (Fsp3) is 0.258. The number of halogens is 1. The minimum absolute atomic E-state index is 0.0861. The third kappa shape index (κ3) is 3.27. The van der Waals surface area contributed by atoms with Crippen molar-refractivity contribution in [1.82, 2.24) is 0 Å². The maximum absolute atomic E-state index is 14.5. The van der Waals surface area contributed by atoms with E-state index in [1.807, 2.05) is 92.4 Å². The van der Waals surface area contributed by atoms with Crippen molar-refractivity contribution in [3.05, 3.63) is 101 Å². The number of amides is 1. The molecular formula is C31H27ClN2O3. The van der Waals surface area contributed by atoms with Crippen LogP contribution in [0.5, 0.6) is 0 Å².